The Morgan fingerprint density at radius 1 is 1.18 bits per heavy atom. The topological polar surface area (TPSA) is 18.5 Å². The molecule has 0 aliphatic rings. The summed E-state index contributed by atoms with van der Waals surface area (Å²) in [5, 5.41) is 0. The van der Waals surface area contributed by atoms with Gasteiger partial charge in [0, 0.05) is 13.2 Å². The highest BCUT2D eigenvalue weighted by molar-refractivity contribution is 6.69. The Bertz CT molecular complexity index is 86.7. The summed E-state index contributed by atoms with van der Waals surface area (Å²) < 4.78 is 10.0. The van der Waals surface area contributed by atoms with E-state index in [1.54, 1.807) is 0 Å². The molecule has 0 N–H and O–H groups in total. The standard InChI is InChI=1S/C6H12Cl2O2Si/c1-3-9-6(10-4-2)11-5(7)8/h5-6H,3-4H2,1-2H3. The van der Waals surface area contributed by atoms with Gasteiger partial charge < -0.3 is 9.47 Å². The van der Waals surface area contributed by atoms with E-state index in [2.05, 4.69) is 0 Å². The van der Waals surface area contributed by atoms with Crippen molar-refractivity contribution >= 4 is 32.7 Å². The highest BCUT2D eigenvalue weighted by Crippen LogP contribution is 2.04. The zero-order valence-electron chi connectivity index (χ0n) is 6.64. The molecule has 0 aromatic carbocycles. The summed E-state index contributed by atoms with van der Waals surface area (Å²) in [7, 11) is 0.280. The van der Waals surface area contributed by atoms with E-state index in [0.717, 1.165) is 0 Å². The molecular weight excluding hydrogens is 203 g/mol. The second-order valence-corrected chi connectivity index (χ2v) is 4.92. The van der Waals surface area contributed by atoms with Crippen LogP contribution in [0.25, 0.3) is 0 Å². The zero-order chi connectivity index (χ0) is 8.69. The molecule has 66 valence electrons. The third-order valence-corrected chi connectivity index (χ3v) is 2.51. The third kappa shape index (κ3) is 7.09. The van der Waals surface area contributed by atoms with Crippen LogP contribution in [0.1, 0.15) is 13.8 Å². The van der Waals surface area contributed by atoms with Gasteiger partial charge >= 0.3 is 0 Å². The van der Waals surface area contributed by atoms with Crippen molar-refractivity contribution in [3.8, 4) is 0 Å². The summed E-state index contributed by atoms with van der Waals surface area (Å²) in [6, 6.07) is 0. The number of hydrogen-bond donors (Lipinski definition) is 0. The Labute approximate surface area is 80.0 Å². The van der Waals surface area contributed by atoms with Crippen LogP contribution in [0, 0.1) is 0 Å². The Morgan fingerprint density at radius 3 is 1.91 bits per heavy atom. The van der Waals surface area contributed by atoms with Crippen LogP contribution in [-0.2, 0) is 9.47 Å². The average molecular weight is 215 g/mol. The van der Waals surface area contributed by atoms with Gasteiger partial charge in [-0.25, -0.2) is 0 Å². The van der Waals surface area contributed by atoms with Gasteiger partial charge in [-0.3, -0.25) is 0 Å². The normalized spacial score (nSPS) is 11.5. The molecule has 0 saturated heterocycles. The lowest BCUT2D eigenvalue weighted by Gasteiger charge is -2.15. The van der Waals surface area contributed by atoms with Crippen LogP contribution in [0.15, 0.2) is 0 Å². The Morgan fingerprint density at radius 2 is 1.64 bits per heavy atom. The molecule has 5 heteroatoms. The lowest BCUT2D eigenvalue weighted by atomic mass is 10.9. The maximum absolute atomic E-state index is 5.56. The summed E-state index contributed by atoms with van der Waals surface area (Å²) in [6.45, 7) is 5.07. The van der Waals surface area contributed by atoms with Gasteiger partial charge in [-0.15, -0.1) is 23.2 Å². The molecule has 11 heavy (non-hydrogen) atoms. The lowest BCUT2D eigenvalue weighted by Crippen LogP contribution is -2.28. The fraction of sp³-hybridized carbons (Fsp3) is 1.00. The van der Waals surface area contributed by atoms with Gasteiger partial charge in [0.15, 0.2) is 9.52 Å². The van der Waals surface area contributed by atoms with E-state index < -0.39 is 4.46 Å². The number of rotatable bonds is 6. The van der Waals surface area contributed by atoms with E-state index in [1.165, 1.54) is 0 Å². The first-order chi connectivity index (χ1) is 5.20. The third-order valence-electron chi connectivity index (χ3n) is 0.898. The fourth-order valence-electron chi connectivity index (χ4n) is 0.550. The average Bonchev–Trinajstić information content (AvgIpc) is 1.87. The SMILES string of the molecule is CCOC(OCC)[Si]C(Cl)Cl. The molecule has 0 aromatic heterocycles. The summed E-state index contributed by atoms with van der Waals surface area (Å²) in [5.41, 5.74) is 0. The van der Waals surface area contributed by atoms with Crippen LogP contribution in [0.2, 0.25) is 0 Å². The van der Waals surface area contributed by atoms with Crippen molar-refractivity contribution in [2.45, 2.75) is 24.2 Å². The van der Waals surface area contributed by atoms with Crippen molar-refractivity contribution in [1.29, 1.82) is 0 Å². The van der Waals surface area contributed by atoms with Gasteiger partial charge in [-0.05, 0) is 13.8 Å². The minimum Gasteiger partial charge on any atom is -0.357 e. The maximum atomic E-state index is 5.56. The second kappa shape index (κ2) is 7.37. The number of hydrogen-bond acceptors (Lipinski definition) is 2. The van der Waals surface area contributed by atoms with E-state index in [-0.39, 0.29) is 15.4 Å². The molecule has 0 atom stereocenters. The summed E-state index contributed by atoms with van der Waals surface area (Å²) in [5.74, 6) is -0.231. The second-order valence-electron chi connectivity index (χ2n) is 1.71. The van der Waals surface area contributed by atoms with Crippen LogP contribution in [0.5, 0.6) is 0 Å². The van der Waals surface area contributed by atoms with Crippen molar-refractivity contribution < 1.29 is 9.47 Å². The van der Waals surface area contributed by atoms with Gasteiger partial charge in [-0.2, -0.15) is 0 Å². The van der Waals surface area contributed by atoms with E-state index in [9.17, 15) is 0 Å². The lowest BCUT2D eigenvalue weighted by molar-refractivity contribution is -0.0825. The number of ether oxygens (including phenoxy) is 2. The van der Waals surface area contributed by atoms with Crippen LogP contribution >= 0.6 is 23.2 Å². The molecular formula is C6H12Cl2O2Si. The Hall–Kier alpha value is 0.717. The predicted molar refractivity (Wildman–Crippen MR) is 48.3 cm³/mol. The Kier molecular flexibility index (Phi) is 7.85. The molecule has 0 bridgehead atoms. The quantitative estimate of drug-likeness (QED) is 0.382. The summed E-state index contributed by atoms with van der Waals surface area (Å²) in [4.78, 5) is 0. The van der Waals surface area contributed by atoms with Gasteiger partial charge in [0.25, 0.3) is 0 Å². The largest absolute Gasteiger partial charge is 0.357 e. The Balaban J connectivity index is 3.50. The van der Waals surface area contributed by atoms with Crippen LogP contribution in [-0.4, -0.2) is 33.1 Å². The van der Waals surface area contributed by atoms with Crippen LogP contribution in [0.4, 0.5) is 0 Å². The van der Waals surface area contributed by atoms with Crippen molar-refractivity contribution in [1.82, 2.24) is 0 Å². The fourth-order valence-corrected chi connectivity index (χ4v) is 1.90. The monoisotopic (exact) mass is 214 g/mol. The first-order valence-electron chi connectivity index (χ1n) is 3.48. The molecule has 0 spiro atoms. The van der Waals surface area contributed by atoms with Crippen molar-refractivity contribution in [3.05, 3.63) is 0 Å². The molecule has 0 amide bonds. The minimum absolute atomic E-state index is 0.231. The van der Waals surface area contributed by atoms with E-state index >= 15 is 0 Å². The first-order valence-corrected chi connectivity index (χ1v) is 5.50. The summed E-state index contributed by atoms with van der Waals surface area (Å²) >= 11 is 11.1. The predicted octanol–water partition coefficient (Wildman–Crippen LogP) is 1.81. The molecule has 2 nitrogen and oxygen atoms in total. The molecule has 2 radical (unpaired) electrons. The van der Waals surface area contributed by atoms with Crippen molar-refractivity contribution in [2.75, 3.05) is 13.2 Å². The molecule has 0 aliphatic carbocycles. The van der Waals surface area contributed by atoms with Crippen LogP contribution in [0.3, 0.4) is 0 Å². The van der Waals surface area contributed by atoms with Gasteiger partial charge in [-0.1, -0.05) is 0 Å². The molecule has 0 aromatic rings. The van der Waals surface area contributed by atoms with Crippen LogP contribution < -0.4 is 0 Å². The molecule has 0 fully saturated rings. The van der Waals surface area contributed by atoms with Gasteiger partial charge in [0.1, 0.15) is 5.91 Å². The highest BCUT2D eigenvalue weighted by Gasteiger charge is 2.13. The zero-order valence-corrected chi connectivity index (χ0v) is 9.15. The maximum Gasteiger partial charge on any atom is 0.160 e. The van der Waals surface area contributed by atoms with E-state index in [4.69, 9.17) is 32.7 Å². The molecule has 0 unspecified atom stereocenters. The molecule has 0 rings (SSSR count). The first kappa shape index (κ1) is 11.7. The molecule has 0 aliphatic heterocycles. The van der Waals surface area contributed by atoms with Gasteiger partial charge in [0.2, 0.25) is 0 Å². The smallest absolute Gasteiger partial charge is 0.160 e. The molecule has 0 heterocycles. The highest BCUT2D eigenvalue weighted by atomic mass is 35.5. The number of halogens is 2. The number of alkyl halides is 2. The molecule has 0 saturated carbocycles. The van der Waals surface area contributed by atoms with Gasteiger partial charge in [0.05, 0.1) is 4.46 Å². The van der Waals surface area contributed by atoms with E-state index in [0.29, 0.717) is 13.2 Å². The van der Waals surface area contributed by atoms with E-state index in [1.807, 2.05) is 13.8 Å². The minimum atomic E-state index is -0.391. The summed E-state index contributed by atoms with van der Waals surface area (Å²) in [6.07, 6.45) is 0. The van der Waals surface area contributed by atoms with Crippen molar-refractivity contribution in [3.63, 3.8) is 0 Å². The van der Waals surface area contributed by atoms with Crippen molar-refractivity contribution in [2.24, 2.45) is 0 Å².